The van der Waals surface area contributed by atoms with Crippen LogP contribution in [-0.2, 0) is 15.8 Å². The molecule has 1 atom stereocenters. The van der Waals surface area contributed by atoms with Crippen LogP contribution in [0.15, 0.2) is 77.7 Å². The van der Waals surface area contributed by atoms with Crippen molar-refractivity contribution in [2.75, 3.05) is 10.2 Å². The minimum absolute atomic E-state index is 0.0514. The predicted molar refractivity (Wildman–Crippen MR) is 124 cm³/mol. The minimum Gasteiger partial charge on any atom is -0.321 e. The molecule has 1 saturated heterocycles. The largest absolute Gasteiger partial charge is 0.418 e. The molecule has 34 heavy (non-hydrogen) atoms. The Kier molecular flexibility index (Phi) is 6.47. The number of aryl methyl sites for hydroxylation is 1. The number of para-hydroxylation sites is 1. The Labute approximate surface area is 198 Å². The Hall–Kier alpha value is -3.59. The Morgan fingerprint density at radius 1 is 0.971 bits per heavy atom. The standard InChI is InChI=1S/C25H19F3N2O3S/c1-15-10-12-16(13-11-15)30-22(31)14-21(24(30)33)34-20-9-5-2-6-17(20)23(32)29-19-8-4-3-7-18(19)25(26,27)28/h2-13,21H,14H2,1H3,(H,29,32). The number of amides is 3. The molecule has 1 aliphatic heterocycles. The van der Waals surface area contributed by atoms with E-state index in [-0.39, 0.29) is 23.6 Å². The first-order valence-electron chi connectivity index (χ1n) is 10.3. The molecule has 3 aromatic carbocycles. The number of nitrogens with zero attached hydrogens (tertiary/aromatic N) is 1. The van der Waals surface area contributed by atoms with Crippen molar-refractivity contribution in [3.8, 4) is 0 Å². The zero-order valence-corrected chi connectivity index (χ0v) is 18.7. The normalized spacial score (nSPS) is 16.1. The number of thioether (sulfide) groups is 1. The van der Waals surface area contributed by atoms with Crippen molar-refractivity contribution in [3.05, 3.63) is 89.5 Å². The summed E-state index contributed by atoms with van der Waals surface area (Å²) in [6.07, 6.45) is -4.68. The molecular weight excluding hydrogens is 465 g/mol. The summed E-state index contributed by atoms with van der Waals surface area (Å²) in [5.74, 6) is -1.50. The lowest BCUT2D eigenvalue weighted by Crippen LogP contribution is -2.31. The monoisotopic (exact) mass is 484 g/mol. The second-order valence-corrected chi connectivity index (χ2v) is 8.95. The van der Waals surface area contributed by atoms with Gasteiger partial charge < -0.3 is 5.32 Å². The van der Waals surface area contributed by atoms with Crippen LogP contribution in [-0.4, -0.2) is 23.0 Å². The minimum atomic E-state index is -4.63. The van der Waals surface area contributed by atoms with E-state index in [0.29, 0.717) is 10.6 Å². The maximum atomic E-state index is 13.3. The van der Waals surface area contributed by atoms with E-state index in [0.717, 1.165) is 28.3 Å². The lowest BCUT2D eigenvalue weighted by Gasteiger charge is -2.17. The second kappa shape index (κ2) is 9.34. The average molecular weight is 484 g/mol. The van der Waals surface area contributed by atoms with Crippen LogP contribution in [0.1, 0.15) is 27.9 Å². The molecule has 0 saturated carbocycles. The van der Waals surface area contributed by atoms with Gasteiger partial charge in [-0.25, -0.2) is 4.90 Å². The topological polar surface area (TPSA) is 66.5 Å². The van der Waals surface area contributed by atoms with Crippen LogP contribution in [0.4, 0.5) is 24.5 Å². The van der Waals surface area contributed by atoms with E-state index in [1.807, 2.05) is 6.92 Å². The van der Waals surface area contributed by atoms with Gasteiger partial charge in [-0.15, -0.1) is 11.8 Å². The predicted octanol–water partition coefficient (Wildman–Crippen LogP) is 5.69. The highest BCUT2D eigenvalue weighted by atomic mass is 32.2. The van der Waals surface area contributed by atoms with Gasteiger partial charge in [-0.05, 0) is 43.3 Å². The van der Waals surface area contributed by atoms with Crippen LogP contribution in [0.5, 0.6) is 0 Å². The van der Waals surface area contributed by atoms with Crippen LogP contribution in [0.3, 0.4) is 0 Å². The van der Waals surface area contributed by atoms with Crippen molar-refractivity contribution in [2.24, 2.45) is 0 Å². The summed E-state index contributed by atoms with van der Waals surface area (Å²) in [5.41, 5.74) is 0.245. The summed E-state index contributed by atoms with van der Waals surface area (Å²) in [4.78, 5) is 40.0. The van der Waals surface area contributed by atoms with Crippen LogP contribution in [0, 0.1) is 6.92 Å². The van der Waals surface area contributed by atoms with Gasteiger partial charge in [0.2, 0.25) is 11.8 Å². The number of rotatable bonds is 5. The molecule has 1 aliphatic rings. The van der Waals surface area contributed by atoms with Crippen LogP contribution in [0.25, 0.3) is 0 Å². The molecule has 0 radical (unpaired) electrons. The molecule has 1 unspecified atom stereocenters. The van der Waals surface area contributed by atoms with E-state index in [2.05, 4.69) is 5.32 Å². The molecule has 3 aromatic rings. The highest BCUT2D eigenvalue weighted by Crippen LogP contribution is 2.37. The zero-order valence-electron chi connectivity index (χ0n) is 17.9. The first-order chi connectivity index (χ1) is 16.1. The third-order valence-electron chi connectivity index (χ3n) is 5.28. The van der Waals surface area contributed by atoms with Crippen molar-refractivity contribution in [2.45, 2.75) is 29.7 Å². The fraction of sp³-hybridized carbons (Fsp3) is 0.160. The number of halogens is 3. The van der Waals surface area contributed by atoms with Crippen LogP contribution >= 0.6 is 11.8 Å². The van der Waals surface area contributed by atoms with E-state index in [9.17, 15) is 27.6 Å². The van der Waals surface area contributed by atoms with Gasteiger partial charge in [0.25, 0.3) is 5.91 Å². The Balaban J connectivity index is 1.56. The summed E-state index contributed by atoms with van der Waals surface area (Å²) >= 11 is 1.04. The molecule has 3 amide bonds. The Bertz CT molecular complexity index is 1260. The maximum absolute atomic E-state index is 13.3. The Morgan fingerprint density at radius 3 is 2.32 bits per heavy atom. The third-order valence-corrected chi connectivity index (χ3v) is 6.54. The van der Waals surface area contributed by atoms with Crippen LogP contribution in [0.2, 0.25) is 0 Å². The number of carbonyl (C=O) groups is 3. The molecule has 0 aromatic heterocycles. The average Bonchev–Trinajstić information content (AvgIpc) is 3.07. The molecule has 0 bridgehead atoms. The SMILES string of the molecule is Cc1ccc(N2C(=O)CC(Sc3ccccc3C(=O)Nc3ccccc3C(F)(F)F)C2=O)cc1. The summed E-state index contributed by atoms with van der Waals surface area (Å²) in [7, 11) is 0. The number of imide groups is 1. The number of hydrogen-bond donors (Lipinski definition) is 1. The van der Waals surface area contributed by atoms with Gasteiger partial charge in [0.15, 0.2) is 0 Å². The summed E-state index contributed by atoms with van der Waals surface area (Å²) in [6.45, 7) is 1.89. The number of hydrogen-bond acceptors (Lipinski definition) is 4. The molecule has 174 valence electrons. The van der Waals surface area contributed by atoms with Crippen molar-refractivity contribution >= 4 is 40.9 Å². The van der Waals surface area contributed by atoms with E-state index < -0.39 is 28.8 Å². The highest BCUT2D eigenvalue weighted by molar-refractivity contribution is 8.00. The number of anilines is 2. The van der Waals surface area contributed by atoms with Crippen molar-refractivity contribution in [1.29, 1.82) is 0 Å². The molecule has 9 heteroatoms. The second-order valence-electron chi connectivity index (χ2n) is 7.71. The first-order valence-corrected chi connectivity index (χ1v) is 11.2. The molecule has 1 heterocycles. The van der Waals surface area contributed by atoms with Gasteiger partial charge in [0.05, 0.1) is 27.8 Å². The van der Waals surface area contributed by atoms with E-state index in [1.54, 1.807) is 42.5 Å². The number of nitrogens with one attached hydrogen (secondary N) is 1. The van der Waals surface area contributed by atoms with Crippen LogP contribution < -0.4 is 10.2 Å². The zero-order chi connectivity index (χ0) is 24.5. The van der Waals surface area contributed by atoms with Gasteiger partial charge in [0.1, 0.15) is 0 Å². The summed E-state index contributed by atoms with van der Waals surface area (Å²) in [5, 5.41) is 1.56. The van der Waals surface area contributed by atoms with Gasteiger partial charge in [-0.1, -0.05) is 42.0 Å². The fourth-order valence-corrected chi connectivity index (χ4v) is 4.78. The molecule has 1 N–H and O–H groups in total. The smallest absolute Gasteiger partial charge is 0.321 e. The fourth-order valence-electron chi connectivity index (χ4n) is 3.60. The van der Waals surface area contributed by atoms with Gasteiger partial charge in [-0.3, -0.25) is 14.4 Å². The quantitative estimate of drug-likeness (QED) is 0.473. The lowest BCUT2D eigenvalue weighted by molar-refractivity contribution is -0.137. The van der Waals surface area contributed by atoms with Crippen molar-refractivity contribution in [1.82, 2.24) is 0 Å². The molecule has 5 nitrogen and oxygen atoms in total. The molecular formula is C25H19F3N2O3S. The van der Waals surface area contributed by atoms with Gasteiger partial charge >= 0.3 is 6.18 Å². The molecule has 0 spiro atoms. The highest BCUT2D eigenvalue weighted by Gasteiger charge is 2.40. The summed E-state index contributed by atoms with van der Waals surface area (Å²) in [6, 6.07) is 18.0. The Morgan fingerprint density at radius 2 is 1.62 bits per heavy atom. The van der Waals surface area contributed by atoms with E-state index in [4.69, 9.17) is 0 Å². The molecule has 0 aliphatic carbocycles. The maximum Gasteiger partial charge on any atom is 0.418 e. The third kappa shape index (κ3) is 4.84. The first kappa shape index (κ1) is 23.6. The molecule has 1 fully saturated rings. The van der Waals surface area contributed by atoms with Crippen molar-refractivity contribution < 1.29 is 27.6 Å². The van der Waals surface area contributed by atoms with Gasteiger partial charge in [0, 0.05) is 11.3 Å². The number of benzene rings is 3. The lowest BCUT2D eigenvalue weighted by atomic mass is 10.1. The van der Waals surface area contributed by atoms with Gasteiger partial charge in [-0.2, -0.15) is 13.2 Å². The number of carbonyl (C=O) groups excluding carboxylic acids is 3. The molecule has 4 rings (SSSR count). The number of alkyl halides is 3. The summed E-state index contributed by atoms with van der Waals surface area (Å²) < 4.78 is 39.9. The van der Waals surface area contributed by atoms with Crippen molar-refractivity contribution in [3.63, 3.8) is 0 Å². The van der Waals surface area contributed by atoms with E-state index >= 15 is 0 Å². The van der Waals surface area contributed by atoms with E-state index in [1.165, 1.54) is 24.3 Å².